The van der Waals surface area contributed by atoms with Crippen LogP contribution in [-0.2, 0) is 30.3 Å². The van der Waals surface area contributed by atoms with Crippen molar-refractivity contribution in [3.8, 4) is 5.75 Å². The maximum atomic E-state index is 14.2. The number of aliphatic hydroxyl groups is 3. The van der Waals surface area contributed by atoms with Gasteiger partial charge in [-0.05, 0) is 44.6 Å². The maximum absolute atomic E-state index is 14.2. The van der Waals surface area contributed by atoms with Crippen LogP contribution in [0.1, 0.15) is 28.8 Å². The van der Waals surface area contributed by atoms with Gasteiger partial charge < -0.3 is 46.3 Å². The van der Waals surface area contributed by atoms with E-state index in [0.717, 1.165) is 0 Å². The van der Waals surface area contributed by atoms with Crippen LogP contribution in [0.25, 0.3) is 0 Å². The van der Waals surface area contributed by atoms with Gasteiger partial charge in [-0.3, -0.25) is 24.1 Å². The molecule has 0 bridgehead atoms. The van der Waals surface area contributed by atoms with Crippen molar-refractivity contribution in [2.24, 2.45) is 22.8 Å². The van der Waals surface area contributed by atoms with Crippen molar-refractivity contribution in [3.63, 3.8) is 0 Å². The SMILES string of the molecule is CN(C)c1ccc(O)c2c1C[C@@]1(C(=O)OCCCOC(N)=O)C[C@H]3[C@H](N(C)C)C(O)=C(C(N)=O)C(=O)[C@@]3(O)C(O)=C1C2=O. The fourth-order valence-electron chi connectivity index (χ4n) is 6.50. The second kappa shape index (κ2) is 10.9. The highest BCUT2D eigenvalue weighted by Crippen LogP contribution is 2.58. The van der Waals surface area contributed by atoms with Crippen LogP contribution in [0.15, 0.2) is 34.8 Å². The van der Waals surface area contributed by atoms with Crippen LogP contribution in [0.2, 0.25) is 0 Å². The van der Waals surface area contributed by atoms with E-state index in [1.807, 2.05) is 0 Å². The summed E-state index contributed by atoms with van der Waals surface area (Å²) in [4.78, 5) is 68.0. The molecule has 232 valence electrons. The number of ketones is 2. The van der Waals surface area contributed by atoms with E-state index in [2.05, 4.69) is 4.74 Å². The summed E-state index contributed by atoms with van der Waals surface area (Å²) < 4.78 is 10.2. The molecule has 2 amide bonds. The van der Waals surface area contributed by atoms with Crippen LogP contribution in [0.5, 0.6) is 5.75 Å². The molecule has 0 spiro atoms. The summed E-state index contributed by atoms with van der Waals surface area (Å²) in [5.74, 6) is -8.82. The van der Waals surface area contributed by atoms with E-state index in [9.17, 15) is 44.4 Å². The van der Waals surface area contributed by atoms with Crippen molar-refractivity contribution >= 4 is 35.2 Å². The summed E-state index contributed by atoms with van der Waals surface area (Å²) in [5.41, 5.74) is 4.13. The van der Waals surface area contributed by atoms with Gasteiger partial charge >= 0.3 is 12.1 Å². The third-order valence-electron chi connectivity index (χ3n) is 8.31. The van der Waals surface area contributed by atoms with E-state index >= 15 is 0 Å². The molecule has 0 aliphatic heterocycles. The molecule has 1 aromatic rings. The van der Waals surface area contributed by atoms with Crippen LogP contribution < -0.4 is 16.4 Å². The van der Waals surface area contributed by atoms with Crippen molar-refractivity contribution in [1.29, 1.82) is 0 Å². The van der Waals surface area contributed by atoms with Gasteiger partial charge in [0.05, 0.1) is 30.4 Å². The zero-order chi connectivity index (χ0) is 32.2. The smallest absolute Gasteiger partial charge is 0.404 e. The Balaban J connectivity index is 1.99. The molecule has 15 heteroatoms. The molecular weight excluding hydrogens is 568 g/mol. The summed E-state index contributed by atoms with van der Waals surface area (Å²) >= 11 is 0. The van der Waals surface area contributed by atoms with Crippen LogP contribution in [0.3, 0.4) is 0 Å². The number of nitrogens with two attached hydrogens (primary N) is 2. The number of Topliss-reactive ketones (excluding diaryl/α,β-unsaturated/α-hetero) is 2. The van der Waals surface area contributed by atoms with Gasteiger partial charge in [-0.25, -0.2) is 4.79 Å². The number of phenols is 1. The lowest BCUT2D eigenvalue weighted by molar-refractivity contribution is -0.165. The number of primary amides is 2. The summed E-state index contributed by atoms with van der Waals surface area (Å²) in [6.45, 7) is -0.483. The highest BCUT2D eigenvalue weighted by Gasteiger charge is 2.68. The van der Waals surface area contributed by atoms with Crippen molar-refractivity contribution in [2.45, 2.75) is 30.9 Å². The molecule has 0 saturated heterocycles. The molecule has 0 radical (unpaired) electrons. The first-order valence-corrected chi connectivity index (χ1v) is 13.3. The molecule has 1 aromatic carbocycles. The fraction of sp³-hybridized carbons (Fsp3) is 0.464. The third kappa shape index (κ3) is 4.64. The minimum Gasteiger partial charge on any atom is -0.510 e. The first kappa shape index (κ1) is 31.3. The average Bonchev–Trinajstić information content (AvgIpc) is 2.89. The molecule has 0 unspecified atom stereocenters. The monoisotopic (exact) mass is 602 g/mol. The number of fused-ring (bicyclic) bond motifs is 3. The highest BCUT2D eigenvalue weighted by molar-refractivity contribution is 6.25. The molecule has 3 aliphatic carbocycles. The molecule has 0 fully saturated rings. The third-order valence-corrected chi connectivity index (χ3v) is 8.31. The lowest BCUT2D eigenvalue weighted by Gasteiger charge is -2.53. The number of benzene rings is 1. The molecule has 3 aliphatic rings. The van der Waals surface area contributed by atoms with Crippen molar-refractivity contribution < 1.29 is 53.9 Å². The number of esters is 1. The second-order valence-corrected chi connectivity index (χ2v) is 11.3. The number of rotatable bonds is 8. The van der Waals surface area contributed by atoms with E-state index in [4.69, 9.17) is 16.2 Å². The number of nitrogens with zero attached hydrogens (tertiary/aromatic N) is 2. The Bertz CT molecular complexity index is 1500. The Morgan fingerprint density at radius 3 is 2.21 bits per heavy atom. The van der Waals surface area contributed by atoms with Gasteiger partial charge in [0.25, 0.3) is 5.91 Å². The van der Waals surface area contributed by atoms with Crippen molar-refractivity contribution in [2.75, 3.05) is 46.3 Å². The Labute approximate surface area is 245 Å². The summed E-state index contributed by atoms with van der Waals surface area (Å²) in [6, 6.07) is 1.47. The van der Waals surface area contributed by atoms with Crippen LogP contribution in [0.4, 0.5) is 10.5 Å². The first-order valence-electron chi connectivity index (χ1n) is 13.3. The topological polar surface area (TPSA) is 243 Å². The number of anilines is 1. The minimum atomic E-state index is -2.96. The molecule has 4 atom stereocenters. The zero-order valence-corrected chi connectivity index (χ0v) is 24.0. The summed E-state index contributed by atoms with van der Waals surface area (Å²) in [7, 11) is 6.30. The van der Waals surface area contributed by atoms with Crippen LogP contribution in [0, 0.1) is 11.3 Å². The molecule has 4 rings (SSSR count). The van der Waals surface area contributed by atoms with Crippen molar-refractivity contribution in [1.82, 2.24) is 4.90 Å². The predicted octanol–water partition coefficient (Wildman–Crippen LogP) is -0.415. The van der Waals surface area contributed by atoms with Crippen LogP contribution >= 0.6 is 0 Å². The molecule has 43 heavy (non-hydrogen) atoms. The molecule has 0 heterocycles. The molecule has 0 saturated carbocycles. The number of aromatic hydroxyl groups is 1. The minimum absolute atomic E-state index is 0.0295. The van der Waals surface area contributed by atoms with E-state index in [1.54, 1.807) is 19.0 Å². The van der Waals surface area contributed by atoms with E-state index in [-0.39, 0.29) is 37.2 Å². The van der Waals surface area contributed by atoms with Crippen LogP contribution in [-0.4, -0.2) is 108 Å². The predicted molar refractivity (Wildman–Crippen MR) is 148 cm³/mol. The van der Waals surface area contributed by atoms with Gasteiger partial charge in [0.1, 0.15) is 28.3 Å². The zero-order valence-electron chi connectivity index (χ0n) is 24.0. The summed E-state index contributed by atoms with van der Waals surface area (Å²) in [5, 5.41) is 45.4. The number of carbonyl (C=O) groups is 5. The lowest BCUT2D eigenvalue weighted by atomic mass is 9.52. The van der Waals surface area contributed by atoms with E-state index in [0.29, 0.717) is 5.69 Å². The van der Waals surface area contributed by atoms with Gasteiger partial charge in [0, 0.05) is 32.1 Å². The number of phenolic OH excluding ortho intramolecular Hbond substituents is 1. The molecule has 0 aromatic heterocycles. The van der Waals surface area contributed by atoms with Gasteiger partial charge in [-0.1, -0.05) is 0 Å². The standard InChI is InChI=1S/C28H34N4O11/c1-31(2)14-6-7-15(33)16-12(14)10-27(25(39)42-8-5-9-43-26(30)40)11-13-19(32(3)4)21(35)17(24(29)38)22(36)28(13,41)23(37)18(27)20(16)34/h6-7,13,19,33,35,37,41H,5,8-11H2,1-4H3,(H2,29,38)(H2,30,40)/t13-,19-,27+,28+/m0/s1. The van der Waals surface area contributed by atoms with Gasteiger partial charge in [0.15, 0.2) is 11.4 Å². The first-order chi connectivity index (χ1) is 20.0. The highest BCUT2D eigenvalue weighted by atomic mass is 16.6. The molecular formula is C28H34N4O11. The Morgan fingerprint density at radius 2 is 1.65 bits per heavy atom. The van der Waals surface area contributed by atoms with E-state index < -0.39 is 87.3 Å². The number of hydrogen-bond donors (Lipinski definition) is 6. The maximum Gasteiger partial charge on any atom is 0.404 e. The number of aliphatic hydroxyl groups excluding tert-OH is 2. The van der Waals surface area contributed by atoms with Gasteiger partial charge in [0.2, 0.25) is 5.78 Å². The fourth-order valence-corrected chi connectivity index (χ4v) is 6.50. The van der Waals surface area contributed by atoms with E-state index in [1.165, 1.54) is 31.1 Å². The van der Waals surface area contributed by atoms with Crippen molar-refractivity contribution in [3.05, 3.63) is 45.9 Å². The quantitative estimate of drug-likeness (QED) is 0.126. The summed E-state index contributed by atoms with van der Waals surface area (Å²) in [6.07, 6.45) is -1.84. The Morgan fingerprint density at radius 1 is 1.02 bits per heavy atom. The molecule has 8 N–H and O–H groups in total. The average molecular weight is 603 g/mol. The largest absolute Gasteiger partial charge is 0.510 e. The number of hydrogen-bond acceptors (Lipinski definition) is 13. The lowest BCUT2D eigenvalue weighted by Crippen LogP contribution is -2.66. The van der Waals surface area contributed by atoms with Gasteiger partial charge in [-0.2, -0.15) is 0 Å². The number of amides is 2. The molecule has 15 nitrogen and oxygen atoms in total. The number of ether oxygens (including phenoxy) is 2. The van der Waals surface area contributed by atoms with Gasteiger partial charge in [-0.15, -0.1) is 0 Å². The normalized spacial score (nSPS) is 26.5. The Hall–Kier alpha value is -4.63. The second-order valence-electron chi connectivity index (χ2n) is 11.3. The number of likely N-dealkylation sites (N-methyl/N-ethyl adjacent to an activating group) is 1. The number of carbonyl (C=O) groups excluding carboxylic acids is 5. The Kier molecular flexibility index (Phi) is 7.93.